The van der Waals surface area contributed by atoms with Crippen LogP contribution in [0.4, 0.5) is 0 Å². The molecule has 1 fully saturated rings. The van der Waals surface area contributed by atoms with Crippen molar-refractivity contribution < 1.29 is 17.6 Å². The van der Waals surface area contributed by atoms with Crippen molar-refractivity contribution >= 4 is 10.0 Å². The molecule has 2 heterocycles. The quantitative estimate of drug-likeness (QED) is 0.838. The van der Waals surface area contributed by atoms with Gasteiger partial charge < -0.3 is 14.5 Å². The highest BCUT2D eigenvalue weighted by Crippen LogP contribution is 2.17. The number of nitrogens with one attached hydrogen (secondary N) is 1. The third kappa shape index (κ3) is 3.56. The van der Waals surface area contributed by atoms with E-state index in [2.05, 4.69) is 5.32 Å². The predicted molar refractivity (Wildman–Crippen MR) is 70.3 cm³/mol. The molecule has 0 radical (unpaired) electrons. The van der Waals surface area contributed by atoms with Crippen molar-refractivity contribution in [2.24, 2.45) is 0 Å². The van der Waals surface area contributed by atoms with Crippen LogP contribution in [0.3, 0.4) is 0 Å². The second-order valence-corrected chi connectivity index (χ2v) is 6.86. The zero-order chi connectivity index (χ0) is 13.9. The summed E-state index contributed by atoms with van der Waals surface area (Å²) in [7, 11) is -0.524. The lowest BCUT2D eigenvalue weighted by Gasteiger charge is -2.10. The van der Waals surface area contributed by atoms with Gasteiger partial charge in [-0.3, -0.25) is 0 Å². The summed E-state index contributed by atoms with van der Waals surface area (Å²) in [5.74, 6) is 0.610. The van der Waals surface area contributed by atoms with Crippen LogP contribution >= 0.6 is 0 Å². The fourth-order valence-corrected chi connectivity index (χ4v) is 2.75. The Morgan fingerprint density at radius 1 is 1.42 bits per heavy atom. The summed E-state index contributed by atoms with van der Waals surface area (Å²) in [5.41, 5.74) is 0. The fourth-order valence-electron chi connectivity index (χ4n) is 1.93. The van der Waals surface area contributed by atoms with Gasteiger partial charge in [-0.2, -0.15) is 0 Å². The third-order valence-corrected chi connectivity index (χ3v) is 4.76. The molecular weight excluding hydrogens is 268 g/mol. The van der Waals surface area contributed by atoms with E-state index >= 15 is 0 Å². The van der Waals surface area contributed by atoms with E-state index in [0.717, 1.165) is 30.3 Å². The maximum absolute atomic E-state index is 11.8. The summed E-state index contributed by atoms with van der Waals surface area (Å²) in [5, 5.41) is 3.19. The molecule has 1 aliphatic rings. The van der Waals surface area contributed by atoms with Crippen molar-refractivity contribution in [2.45, 2.75) is 30.6 Å². The van der Waals surface area contributed by atoms with Gasteiger partial charge >= 0.3 is 0 Å². The van der Waals surface area contributed by atoms with Crippen LogP contribution in [0.5, 0.6) is 0 Å². The Hall–Kier alpha value is -0.890. The molecule has 0 bridgehead atoms. The molecule has 1 aromatic rings. The summed E-state index contributed by atoms with van der Waals surface area (Å²) >= 11 is 0. The molecule has 6 nitrogen and oxygen atoms in total. The molecule has 0 aromatic carbocycles. The minimum atomic E-state index is -3.48. The number of ether oxygens (including phenoxy) is 1. The summed E-state index contributed by atoms with van der Waals surface area (Å²) in [6, 6.07) is 3.16. The first-order valence-corrected chi connectivity index (χ1v) is 7.77. The monoisotopic (exact) mass is 288 g/mol. The topological polar surface area (TPSA) is 71.8 Å². The molecule has 108 valence electrons. The van der Waals surface area contributed by atoms with Gasteiger partial charge in [-0.15, -0.1) is 0 Å². The average molecular weight is 288 g/mol. The number of hydrogen-bond acceptors (Lipinski definition) is 5. The smallest absolute Gasteiger partial charge is 0.275 e. The fraction of sp³-hybridized carbons (Fsp3) is 0.667. The largest absolute Gasteiger partial charge is 0.447 e. The number of rotatable bonds is 6. The van der Waals surface area contributed by atoms with Crippen LogP contribution in [0.1, 0.15) is 18.6 Å². The Morgan fingerprint density at radius 2 is 2.21 bits per heavy atom. The van der Waals surface area contributed by atoms with Gasteiger partial charge in [0, 0.05) is 27.2 Å². The molecule has 1 unspecified atom stereocenters. The molecule has 2 rings (SSSR count). The lowest BCUT2D eigenvalue weighted by molar-refractivity contribution is 0.109. The van der Waals surface area contributed by atoms with Gasteiger partial charge in [0.25, 0.3) is 10.0 Å². The van der Waals surface area contributed by atoms with Gasteiger partial charge in [-0.05, 0) is 25.0 Å². The van der Waals surface area contributed by atoms with Gasteiger partial charge in [0.15, 0.2) is 0 Å². The van der Waals surface area contributed by atoms with Crippen LogP contribution < -0.4 is 5.32 Å². The molecule has 1 aliphatic heterocycles. The molecule has 1 atom stereocenters. The maximum atomic E-state index is 11.8. The van der Waals surface area contributed by atoms with Gasteiger partial charge in [0.2, 0.25) is 5.09 Å². The van der Waals surface area contributed by atoms with E-state index in [4.69, 9.17) is 9.15 Å². The highest BCUT2D eigenvalue weighted by molar-refractivity contribution is 7.88. The third-order valence-electron chi connectivity index (χ3n) is 3.07. The van der Waals surface area contributed by atoms with Crippen molar-refractivity contribution in [3.8, 4) is 0 Å². The lowest BCUT2D eigenvalue weighted by Crippen LogP contribution is -2.25. The van der Waals surface area contributed by atoms with Crippen molar-refractivity contribution in [3.63, 3.8) is 0 Å². The minimum Gasteiger partial charge on any atom is -0.447 e. The van der Waals surface area contributed by atoms with Crippen molar-refractivity contribution in [1.82, 2.24) is 9.62 Å². The Morgan fingerprint density at radius 3 is 2.84 bits per heavy atom. The molecule has 0 aliphatic carbocycles. The first-order chi connectivity index (χ1) is 9.00. The highest BCUT2D eigenvalue weighted by Gasteiger charge is 2.21. The van der Waals surface area contributed by atoms with E-state index in [1.807, 2.05) is 0 Å². The SMILES string of the molecule is CN(C)S(=O)(=O)c1ccc(CNCC2CCCO2)o1. The summed E-state index contributed by atoms with van der Waals surface area (Å²) in [6.45, 7) is 2.09. The van der Waals surface area contributed by atoms with Gasteiger partial charge in [0.05, 0.1) is 12.6 Å². The highest BCUT2D eigenvalue weighted by atomic mass is 32.2. The average Bonchev–Trinajstić information content (AvgIpc) is 2.99. The number of sulfonamides is 1. The number of nitrogens with zero attached hydrogens (tertiary/aromatic N) is 1. The van der Waals surface area contributed by atoms with Crippen LogP contribution in [0, 0.1) is 0 Å². The lowest BCUT2D eigenvalue weighted by atomic mass is 10.2. The van der Waals surface area contributed by atoms with Gasteiger partial charge in [0.1, 0.15) is 5.76 Å². The predicted octanol–water partition coefficient (Wildman–Crippen LogP) is 0.799. The molecule has 7 heteroatoms. The van der Waals surface area contributed by atoms with Crippen molar-refractivity contribution in [2.75, 3.05) is 27.2 Å². The van der Waals surface area contributed by atoms with E-state index < -0.39 is 10.0 Å². The van der Waals surface area contributed by atoms with Crippen LogP contribution in [0.15, 0.2) is 21.6 Å². The van der Waals surface area contributed by atoms with E-state index in [-0.39, 0.29) is 11.2 Å². The molecule has 0 amide bonds. The van der Waals surface area contributed by atoms with Crippen LogP contribution in [0.2, 0.25) is 0 Å². The van der Waals surface area contributed by atoms with E-state index in [9.17, 15) is 8.42 Å². The van der Waals surface area contributed by atoms with E-state index in [0.29, 0.717) is 12.3 Å². The molecule has 1 aromatic heterocycles. The van der Waals surface area contributed by atoms with Crippen LogP contribution in [-0.4, -0.2) is 46.1 Å². The number of furan rings is 1. The molecular formula is C12H20N2O4S. The summed E-state index contributed by atoms with van der Waals surface area (Å²) < 4.78 is 35.6. The first-order valence-electron chi connectivity index (χ1n) is 6.33. The Labute approximate surface area is 113 Å². The summed E-state index contributed by atoms with van der Waals surface area (Å²) in [6.07, 6.45) is 2.45. The Bertz CT molecular complexity index is 504. The Balaban J connectivity index is 1.87. The van der Waals surface area contributed by atoms with Gasteiger partial charge in [-0.1, -0.05) is 0 Å². The maximum Gasteiger partial charge on any atom is 0.275 e. The van der Waals surface area contributed by atoms with Gasteiger partial charge in [-0.25, -0.2) is 12.7 Å². The molecule has 19 heavy (non-hydrogen) atoms. The van der Waals surface area contributed by atoms with Crippen molar-refractivity contribution in [3.05, 3.63) is 17.9 Å². The second kappa shape index (κ2) is 6.04. The normalized spacial score (nSPS) is 20.3. The standard InChI is InChI=1S/C12H20N2O4S/c1-14(2)19(15,16)12-6-5-11(18-12)9-13-8-10-4-3-7-17-10/h5-6,10,13H,3-4,7-9H2,1-2H3. The second-order valence-electron chi connectivity index (χ2n) is 4.77. The zero-order valence-electron chi connectivity index (χ0n) is 11.3. The molecule has 1 saturated heterocycles. The summed E-state index contributed by atoms with van der Waals surface area (Å²) in [4.78, 5) is 0. The first kappa shape index (κ1) is 14.5. The van der Waals surface area contributed by atoms with Crippen LogP contribution in [-0.2, 0) is 21.3 Å². The molecule has 1 N–H and O–H groups in total. The molecule has 0 saturated carbocycles. The Kier molecular flexibility index (Phi) is 4.62. The molecule has 0 spiro atoms. The van der Waals surface area contributed by atoms with Crippen LogP contribution in [0.25, 0.3) is 0 Å². The van der Waals surface area contributed by atoms with Crippen molar-refractivity contribution in [1.29, 1.82) is 0 Å². The zero-order valence-corrected chi connectivity index (χ0v) is 12.1. The van der Waals surface area contributed by atoms with E-state index in [1.54, 1.807) is 6.07 Å². The minimum absolute atomic E-state index is 0.0218. The number of hydrogen-bond donors (Lipinski definition) is 1. The van der Waals surface area contributed by atoms with E-state index in [1.165, 1.54) is 20.2 Å².